The molecule has 1 saturated heterocycles. The summed E-state index contributed by atoms with van der Waals surface area (Å²) in [5, 5.41) is 12.5. The number of benzene rings is 2. The predicted octanol–water partition coefficient (Wildman–Crippen LogP) is 3.09. The van der Waals surface area contributed by atoms with Crippen LogP contribution in [-0.2, 0) is 13.1 Å². The first-order valence-corrected chi connectivity index (χ1v) is 10.0. The predicted molar refractivity (Wildman–Crippen MR) is 133 cm³/mol. The third kappa shape index (κ3) is 6.74. The molecule has 2 aromatic rings. The van der Waals surface area contributed by atoms with Crippen molar-refractivity contribution in [2.45, 2.75) is 13.1 Å². The van der Waals surface area contributed by atoms with Gasteiger partial charge in [0.25, 0.3) is 0 Å². The summed E-state index contributed by atoms with van der Waals surface area (Å²) < 4.78 is 10.7. The van der Waals surface area contributed by atoms with E-state index in [1.807, 2.05) is 43.4 Å². The summed E-state index contributed by atoms with van der Waals surface area (Å²) in [6.07, 6.45) is 0. The van der Waals surface area contributed by atoms with Crippen molar-refractivity contribution in [3.8, 4) is 17.6 Å². The molecular formula is C23H30IN5O2. The van der Waals surface area contributed by atoms with Gasteiger partial charge in [-0.1, -0.05) is 18.2 Å². The third-order valence-electron chi connectivity index (χ3n) is 5.24. The van der Waals surface area contributed by atoms with Gasteiger partial charge in [-0.3, -0.25) is 9.89 Å². The van der Waals surface area contributed by atoms with Crippen LogP contribution in [0.3, 0.4) is 0 Å². The minimum atomic E-state index is 0. The van der Waals surface area contributed by atoms with E-state index in [4.69, 9.17) is 14.7 Å². The molecule has 0 amide bonds. The topological polar surface area (TPSA) is 73.1 Å². The highest BCUT2D eigenvalue weighted by Gasteiger charge is 2.20. The molecule has 1 N–H and O–H groups in total. The number of nitrogens with one attached hydrogen (secondary N) is 1. The van der Waals surface area contributed by atoms with Gasteiger partial charge in [0.2, 0.25) is 0 Å². The Balaban J connectivity index is 0.00000341. The molecule has 0 unspecified atom stereocenters. The lowest BCUT2D eigenvalue weighted by atomic mass is 10.1. The molecule has 0 atom stereocenters. The first-order chi connectivity index (χ1) is 14.7. The third-order valence-corrected chi connectivity index (χ3v) is 5.24. The largest absolute Gasteiger partial charge is 0.493 e. The van der Waals surface area contributed by atoms with Crippen molar-refractivity contribution in [3.05, 3.63) is 59.2 Å². The maximum atomic E-state index is 9.06. The van der Waals surface area contributed by atoms with E-state index in [1.54, 1.807) is 14.2 Å². The van der Waals surface area contributed by atoms with Crippen LogP contribution in [-0.4, -0.2) is 63.2 Å². The van der Waals surface area contributed by atoms with Gasteiger partial charge in [0.05, 0.1) is 25.9 Å². The summed E-state index contributed by atoms with van der Waals surface area (Å²) in [5.41, 5.74) is 2.95. The van der Waals surface area contributed by atoms with Gasteiger partial charge in [-0.25, -0.2) is 0 Å². The van der Waals surface area contributed by atoms with E-state index >= 15 is 0 Å². The standard InChI is InChI=1S/C23H29N5O2.HI/c1-25-23(26-16-19-6-4-5-18(13-19)15-24)28-11-9-27(10-12-28)17-20-7-8-21(29-2)22(14-20)30-3;/h4-8,13-14H,9-12,16-17H2,1-3H3,(H,25,26);1H. The normalized spacial score (nSPS) is 14.4. The van der Waals surface area contributed by atoms with Crippen LogP contribution in [0.25, 0.3) is 0 Å². The molecule has 0 saturated carbocycles. The van der Waals surface area contributed by atoms with E-state index in [-0.39, 0.29) is 24.0 Å². The maximum absolute atomic E-state index is 9.06. The number of rotatable bonds is 6. The van der Waals surface area contributed by atoms with Gasteiger partial charge in [0.1, 0.15) is 0 Å². The lowest BCUT2D eigenvalue weighted by molar-refractivity contribution is 0.172. The minimum Gasteiger partial charge on any atom is -0.493 e. The summed E-state index contributed by atoms with van der Waals surface area (Å²) in [5.74, 6) is 2.41. The van der Waals surface area contributed by atoms with E-state index in [0.717, 1.165) is 55.7 Å². The highest BCUT2D eigenvalue weighted by Crippen LogP contribution is 2.28. The van der Waals surface area contributed by atoms with E-state index in [2.05, 4.69) is 32.2 Å². The summed E-state index contributed by atoms with van der Waals surface area (Å²) in [6, 6.07) is 15.9. The molecule has 1 heterocycles. The number of aliphatic imine (C=N–C) groups is 1. The van der Waals surface area contributed by atoms with Crippen LogP contribution < -0.4 is 14.8 Å². The van der Waals surface area contributed by atoms with Crippen LogP contribution in [0.15, 0.2) is 47.5 Å². The Morgan fingerprint density at radius 3 is 2.42 bits per heavy atom. The molecule has 0 spiro atoms. The second-order valence-corrected chi connectivity index (χ2v) is 7.17. The number of nitrogens with zero attached hydrogens (tertiary/aromatic N) is 4. The molecule has 1 fully saturated rings. The number of piperazine rings is 1. The maximum Gasteiger partial charge on any atom is 0.194 e. The summed E-state index contributed by atoms with van der Waals surface area (Å²) in [7, 11) is 5.12. The van der Waals surface area contributed by atoms with Crippen molar-refractivity contribution in [1.29, 1.82) is 5.26 Å². The van der Waals surface area contributed by atoms with Crippen LogP contribution in [0.5, 0.6) is 11.5 Å². The van der Waals surface area contributed by atoms with Crippen LogP contribution >= 0.6 is 24.0 Å². The number of ether oxygens (including phenoxy) is 2. The Hall–Kier alpha value is -2.51. The fraction of sp³-hybridized carbons (Fsp3) is 0.391. The summed E-state index contributed by atoms with van der Waals surface area (Å²) in [6.45, 7) is 5.25. The Kier molecular flexibility index (Phi) is 9.88. The first-order valence-electron chi connectivity index (χ1n) is 10.0. The van der Waals surface area contributed by atoms with E-state index in [0.29, 0.717) is 12.1 Å². The fourth-order valence-corrected chi connectivity index (χ4v) is 3.62. The Morgan fingerprint density at radius 2 is 1.77 bits per heavy atom. The number of methoxy groups -OCH3 is 2. The van der Waals surface area contributed by atoms with Crippen LogP contribution in [0.1, 0.15) is 16.7 Å². The molecular weight excluding hydrogens is 505 g/mol. The number of hydrogen-bond donors (Lipinski definition) is 1. The van der Waals surface area contributed by atoms with Crippen LogP contribution in [0, 0.1) is 11.3 Å². The fourth-order valence-electron chi connectivity index (χ4n) is 3.62. The lowest BCUT2D eigenvalue weighted by Gasteiger charge is -2.36. The van der Waals surface area contributed by atoms with Gasteiger partial charge in [0.15, 0.2) is 17.5 Å². The number of guanidine groups is 1. The summed E-state index contributed by atoms with van der Waals surface area (Å²) >= 11 is 0. The zero-order chi connectivity index (χ0) is 21.3. The van der Waals surface area contributed by atoms with Crippen LogP contribution in [0.2, 0.25) is 0 Å². The van der Waals surface area contributed by atoms with Crippen molar-refractivity contribution in [2.75, 3.05) is 47.4 Å². The molecule has 0 aliphatic carbocycles. The zero-order valence-corrected chi connectivity index (χ0v) is 20.6. The molecule has 7 nitrogen and oxygen atoms in total. The minimum absolute atomic E-state index is 0. The molecule has 0 radical (unpaired) electrons. The molecule has 0 bridgehead atoms. The average Bonchev–Trinajstić information content (AvgIpc) is 2.80. The first kappa shape index (κ1) is 24.8. The molecule has 31 heavy (non-hydrogen) atoms. The smallest absolute Gasteiger partial charge is 0.194 e. The molecule has 0 aromatic heterocycles. The van der Waals surface area contributed by atoms with Gasteiger partial charge in [-0.2, -0.15) is 5.26 Å². The van der Waals surface area contributed by atoms with Crippen molar-refractivity contribution < 1.29 is 9.47 Å². The molecule has 3 rings (SSSR count). The monoisotopic (exact) mass is 535 g/mol. The van der Waals surface area contributed by atoms with Crippen molar-refractivity contribution in [3.63, 3.8) is 0 Å². The Bertz CT molecular complexity index is 920. The second-order valence-electron chi connectivity index (χ2n) is 7.17. The van der Waals surface area contributed by atoms with Crippen molar-refractivity contribution in [2.24, 2.45) is 4.99 Å². The van der Waals surface area contributed by atoms with Gasteiger partial charge >= 0.3 is 0 Å². The Labute approximate surface area is 201 Å². The quantitative estimate of drug-likeness (QED) is 0.349. The molecule has 2 aromatic carbocycles. The average molecular weight is 535 g/mol. The van der Waals surface area contributed by atoms with Gasteiger partial charge in [-0.15, -0.1) is 24.0 Å². The van der Waals surface area contributed by atoms with E-state index < -0.39 is 0 Å². The van der Waals surface area contributed by atoms with E-state index in [9.17, 15) is 0 Å². The van der Waals surface area contributed by atoms with Crippen LogP contribution in [0.4, 0.5) is 0 Å². The number of nitriles is 1. The molecule has 8 heteroatoms. The Morgan fingerprint density at radius 1 is 1.03 bits per heavy atom. The highest BCUT2D eigenvalue weighted by atomic mass is 127. The van der Waals surface area contributed by atoms with Gasteiger partial charge < -0.3 is 19.7 Å². The molecule has 1 aliphatic rings. The lowest BCUT2D eigenvalue weighted by Crippen LogP contribution is -2.52. The number of hydrogen-bond acceptors (Lipinski definition) is 5. The van der Waals surface area contributed by atoms with Gasteiger partial charge in [-0.05, 0) is 35.4 Å². The van der Waals surface area contributed by atoms with Gasteiger partial charge in [0, 0.05) is 46.3 Å². The second kappa shape index (κ2) is 12.4. The van der Waals surface area contributed by atoms with Crippen molar-refractivity contribution in [1.82, 2.24) is 15.1 Å². The molecule has 1 aliphatic heterocycles. The molecule has 166 valence electrons. The number of halogens is 1. The van der Waals surface area contributed by atoms with Crippen molar-refractivity contribution >= 4 is 29.9 Å². The van der Waals surface area contributed by atoms with E-state index in [1.165, 1.54) is 5.56 Å². The zero-order valence-electron chi connectivity index (χ0n) is 18.3. The summed E-state index contributed by atoms with van der Waals surface area (Å²) in [4.78, 5) is 9.15. The SMILES string of the molecule is CN=C(NCc1cccc(C#N)c1)N1CCN(Cc2ccc(OC)c(OC)c2)CC1.I. The highest BCUT2D eigenvalue weighted by molar-refractivity contribution is 14.0.